The van der Waals surface area contributed by atoms with Gasteiger partial charge in [-0.15, -0.1) is 6.58 Å². The minimum atomic E-state index is -0.500. The van der Waals surface area contributed by atoms with E-state index in [1.807, 2.05) is 6.08 Å². The maximum atomic E-state index is 8.25. The van der Waals surface area contributed by atoms with Gasteiger partial charge in [0.15, 0.2) is 6.67 Å². The van der Waals surface area contributed by atoms with Gasteiger partial charge in [0.25, 0.3) is 0 Å². The Balaban J connectivity index is 0.000000354. The topological polar surface area (TPSA) is 47.8 Å². The number of hydrogen-bond acceptors (Lipinski definition) is 3. The second kappa shape index (κ2) is 6.42. The molecule has 0 amide bonds. The molecule has 1 heterocycles. The molecule has 1 aliphatic heterocycles. The Morgan fingerprint density at radius 1 is 1.83 bits per heavy atom. The van der Waals surface area contributed by atoms with Crippen molar-refractivity contribution >= 4 is 6.47 Å². The molecule has 0 radical (unpaired) electrons. The summed E-state index contributed by atoms with van der Waals surface area (Å²) in [5.41, 5.74) is 0. The van der Waals surface area contributed by atoms with Crippen LogP contribution >= 0.6 is 0 Å². The number of carboxylic acid groups (broad SMARTS) is 1. The van der Waals surface area contributed by atoms with E-state index in [1.165, 1.54) is 4.90 Å². The fraction of sp³-hybridized carbons (Fsp3) is 0.375. The van der Waals surface area contributed by atoms with Gasteiger partial charge in [0, 0.05) is 13.0 Å². The molecule has 1 unspecified atom stereocenters. The molecule has 1 rings (SSSR count). The number of nitrogens with one attached hydrogen (secondary N) is 1. The summed E-state index contributed by atoms with van der Waals surface area (Å²) in [6.07, 6.45) is 6.17. The van der Waals surface area contributed by atoms with Gasteiger partial charge in [-0.3, -0.25) is 4.90 Å². The third-order valence-corrected chi connectivity index (χ3v) is 1.39. The summed E-state index contributed by atoms with van der Waals surface area (Å²) in [7, 11) is 2.14. The monoisotopic (exact) mass is 170 g/mol. The van der Waals surface area contributed by atoms with Crippen molar-refractivity contribution < 1.29 is 14.8 Å². The number of hydrogen-bond donors (Lipinski definition) is 1. The highest BCUT2D eigenvalue weighted by Gasteiger charge is 2.09. The first-order valence-electron chi connectivity index (χ1n) is 3.65. The fourth-order valence-corrected chi connectivity index (χ4v) is 0.950. The second-order valence-electron chi connectivity index (χ2n) is 2.48. The number of rotatable bonds is 2. The second-order valence-corrected chi connectivity index (χ2v) is 2.48. The van der Waals surface area contributed by atoms with Crippen LogP contribution in [0.25, 0.3) is 0 Å². The van der Waals surface area contributed by atoms with Crippen molar-refractivity contribution in [3.05, 3.63) is 25.1 Å². The molecule has 1 N–H and O–H groups in total. The van der Waals surface area contributed by atoms with Crippen LogP contribution in [0.1, 0.15) is 0 Å². The average Bonchev–Trinajstić information content (AvgIpc) is 2.38. The van der Waals surface area contributed by atoms with Crippen LogP contribution in [-0.4, -0.2) is 31.6 Å². The van der Waals surface area contributed by atoms with Crippen molar-refractivity contribution in [2.75, 3.05) is 20.3 Å². The summed E-state index contributed by atoms with van der Waals surface area (Å²) in [5, 5.41) is 8.25. The van der Waals surface area contributed by atoms with Crippen LogP contribution in [0, 0.1) is 0 Å². The van der Waals surface area contributed by atoms with Gasteiger partial charge in [-0.25, -0.2) is 0 Å². The summed E-state index contributed by atoms with van der Waals surface area (Å²) in [4.78, 5) is 11.9. The van der Waals surface area contributed by atoms with E-state index in [0.717, 1.165) is 13.2 Å². The van der Waals surface area contributed by atoms with E-state index in [0.29, 0.717) is 0 Å². The van der Waals surface area contributed by atoms with E-state index in [9.17, 15) is 0 Å². The molecule has 1 aliphatic rings. The van der Waals surface area contributed by atoms with Gasteiger partial charge < -0.3 is 14.8 Å². The van der Waals surface area contributed by atoms with Crippen molar-refractivity contribution in [2.45, 2.75) is 0 Å². The number of carbonyl (C=O) groups is 1. The highest BCUT2D eigenvalue weighted by Crippen LogP contribution is 1.87. The summed E-state index contributed by atoms with van der Waals surface area (Å²) in [6.45, 7) is 5.21. The molecule has 0 bridgehead atoms. The number of quaternary nitrogens is 1. The highest BCUT2D eigenvalue weighted by molar-refractivity contribution is 5.29. The lowest BCUT2D eigenvalue weighted by atomic mass is 10.6. The molecule has 0 spiro atoms. The Kier molecular flexibility index (Phi) is 5.73. The molecule has 0 saturated heterocycles. The quantitative estimate of drug-likeness (QED) is 0.378. The van der Waals surface area contributed by atoms with Gasteiger partial charge >= 0.3 is 0 Å². The Bertz CT molecular complexity index is 168. The smallest absolute Gasteiger partial charge is 0.157 e. The molecule has 0 saturated carbocycles. The van der Waals surface area contributed by atoms with Crippen LogP contribution in [0.4, 0.5) is 0 Å². The Labute approximate surface area is 72.4 Å². The van der Waals surface area contributed by atoms with Gasteiger partial charge in [0.1, 0.15) is 6.20 Å². The van der Waals surface area contributed by atoms with Gasteiger partial charge in [0.2, 0.25) is 0 Å². The highest BCUT2D eigenvalue weighted by atomic mass is 16.3. The molecule has 4 nitrogen and oxygen atoms in total. The summed E-state index contributed by atoms with van der Waals surface area (Å²) >= 11 is 0. The molecule has 12 heavy (non-hydrogen) atoms. The summed E-state index contributed by atoms with van der Waals surface area (Å²) in [5.74, 6) is 0. The first-order valence-corrected chi connectivity index (χ1v) is 3.65. The van der Waals surface area contributed by atoms with Crippen LogP contribution in [0.3, 0.4) is 0 Å². The van der Waals surface area contributed by atoms with Crippen LogP contribution in [-0.2, 0) is 4.79 Å². The predicted octanol–water partition coefficient (Wildman–Crippen LogP) is -2.20. The standard InChI is InChI=1S/C7H12N2.CH2O2/c1-3-4-9-6-5-8(2)7-9;2-1-3/h3,5-6H,1,4,7H2,2H3;1H,(H,2,3). The number of nitrogens with zero attached hydrogens (tertiary/aromatic N) is 1. The lowest BCUT2D eigenvalue weighted by Gasteiger charge is -2.10. The minimum Gasteiger partial charge on any atom is -0.554 e. The van der Waals surface area contributed by atoms with Gasteiger partial charge in [-0.2, -0.15) is 0 Å². The molecule has 0 fully saturated rings. The van der Waals surface area contributed by atoms with Crippen molar-refractivity contribution in [2.24, 2.45) is 0 Å². The lowest BCUT2D eigenvalue weighted by molar-refractivity contribution is -0.826. The molecule has 4 heteroatoms. The molecule has 0 aliphatic carbocycles. The van der Waals surface area contributed by atoms with E-state index < -0.39 is 6.47 Å². The molecule has 68 valence electrons. The fourth-order valence-electron chi connectivity index (χ4n) is 0.950. The SMILES string of the molecule is C=CCN1C=C[NH+](C)C1.O=C[O-]. The van der Waals surface area contributed by atoms with Gasteiger partial charge in [-0.05, 0) is 0 Å². The Hall–Kier alpha value is -1.29. The Morgan fingerprint density at radius 3 is 2.75 bits per heavy atom. The van der Waals surface area contributed by atoms with Crippen molar-refractivity contribution in [3.8, 4) is 0 Å². The number of carbonyl (C=O) groups excluding carboxylic acids is 1. The van der Waals surface area contributed by atoms with Gasteiger partial charge in [0.05, 0.1) is 13.2 Å². The largest absolute Gasteiger partial charge is 0.554 e. The van der Waals surface area contributed by atoms with Crippen LogP contribution in [0.2, 0.25) is 0 Å². The molecule has 0 aromatic carbocycles. The third kappa shape index (κ3) is 4.51. The zero-order chi connectivity index (χ0) is 9.40. The lowest BCUT2D eigenvalue weighted by Crippen LogP contribution is -3.03. The van der Waals surface area contributed by atoms with Crippen LogP contribution in [0.15, 0.2) is 25.1 Å². The predicted molar refractivity (Wildman–Crippen MR) is 43.9 cm³/mol. The van der Waals surface area contributed by atoms with Crippen molar-refractivity contribution in [1.29, 1.82) is 0 Å². The van der Waals surface area contributed by atoms with Crippen LogP contribution < -0.4 is 10.0 Å². The molecule has 1 atom stereocenters. The van der Waals surface area contributed by atoms with E-state index in [1.54, 1.807) is 0 Å². The van der Waals surface area contributed by atoms with E-state index in [4.69, 9.17) is 9.90 Å². The molecular formula is C8H14N2O2. The normalized spacial score (nSPS) is 19.8. The third-order valence-electron chi connectivity index (χ3n) is 1.39. The Morgan fingerprint density at radius 2 is 2.42 bits per heavy atom. The summed E-state index contributed by atoms with van der Waals surface area (Å²) < 4.78 is 0. The summed E-state index contributed by atoms with van der Waals surface area (Å²) in [6, 6.07) is 0. The zero-order valence-electron chi connectivity index (χ0n) is 7.19. The minimum absolute atomic E-state index is 0.500. The van der Waals surface area contributed by atoms with E-state index in [2.05, 4.69) is 30.9 Å². The van der Waals surface area contributed by atoms with Crippen LogP contribution in [0.5, 0.6) is 0 Å². The average molecular weight is 170 g/mol. The molecule has 0 aromatic rings. The van der Waals surface area contributed by atoms with Gasteiger partial charge in [-0.1, -0.05) is 6.08 Å². The first kappa shape index (κ1) is 10.7. The van der Waals surface area contributed by atoms with E-state index in [-0.39, 0.29) is 0 Å². The zero-order valence-corrected chi connectivity index (χ0v) is 7.19. The first-order chi connectivity index (χ1) is 5.74. The maximum Gasteiger partial charge on any atom is 0.157 e. The molecular weight excluding hydrogens is 156 g/mol. The van der Waals surface area contributed by atoms with E-state index >= 15 is 0 Å². The van der Waals surface area contributed by atoms with Crippen molar-refractivity contribution in [1.82, 2.24) is 4.90 Å². The molecule has 0 aromatic heterocycles. The van der Waals surface area contributed by atoms with Crippen molar-refractivity contribution in [3.63, 3.8) is 0 Å². The maximum absolute atomic E-state index is 8.25.